The number of carbonyl (C=O) groups excluding carboxylic acids is 1. The molecule has 0 saturated heterocycles. The highest BCUT2D eigenvalue weighted by molar-refractivity contribution is 6.04. The minimum atomic E-state index is -1.74. The molecule has 106 valence electrons. The van der Waals surface area contributed by atoms with Crippen molar-refractivity contribution in [2.75, 3.05) is 5.32 Å². The number of H-pyrrole nitrogens is 1. The molecule has 0 unspecified atom stereocenters. The van der Waals surface area contributed by atoms with E-state index in [2.05, 4.69) is 15.5 Å². The molecule has 2 rings (SSSR count). The number of phenols is 1. The molecule has 0 aliphatic carbocycles. The normalized spacial score (nSPS) is 10.6. The Kier molecular flexibility index (Phi) is 3.64. The van der Waals surface area contributed by atoms with Crippen molar-refractivity contribution in [2.45, 2.75) is 13.3 Å². The van der Waals surface area contributed by atoms with E-state index < -0.39 is 34.7 Å². The second-order valence-electron chi connectivity index (χ2n) is 3.96. The maximum atomic E-state index is 13.6. The summed E-state index contributed by atoms with van der Waals surface area (Å²) in [5, 5.41) is 17.5. The number of aromatic amines is 1. The van der Waals surface area contributed by atoms with Crippen molar-refractivity contribution in [3.63, 3.8) is 0 Å². The minimum absolute atomic E-state index is 0.223. The summed E-state index contributed by atoms with van der Waals surface area (Å²) in [5.74, 6) is -7.13. The van der Waals surface area contributed by atoms with Crippen LogP contribution in [0.3, 0.4) is 0 Å². The Morgan fingerprint density at radius 2 is 2.10 bits per heavy atom. The van der Waals surface area contributed by atoms with Crippen LogP contribution in [0.25, 0.3) is 0 Å². The van der Waals surface area contributed by atoms with E-state index in [1.54, 1.807) is 0 Å². The number of carbonyl (C=O) groups is 1. The zero-order valence-corrected chi connectivity index (χ0v) is 10.3. The lowest BCUT2D eigenvalue weighted by Gasteiger charge is -2.07. The summed E-state index contributed by atoms with van der Waals surface area (Å²) in [6, 6.07) is 0.377. The van der Waals surface area contributed by atoms with E-state index in [0.29, 0.717) is 18.1 Å². The smallest absolute Gasteiger partial charge is 0.260 e. The number of aromatic hydroxyl groups is 1. The quantitative estimate of drug-likeness (QED) is 0.757. The number of phenolic OH excluding ortho intramolecular Hbond substituents is 1. The lowest BCUT2D eigenvalue weighted by atomic mass is 10.1. The van der Waals surface area contributed by atoms with E-state index in [-0.39, 0.29) is 5.82 Å². The predicted molar refractivity (Wildman–Crippen MR) is 63.9 cm³/mol. The van der Waals surface area contributed by atoms with Crippen LogP contribution in [-0.2, 0) is 6.42 Å². The maximum Gasteiger partial charge on any atom is 0.260 e. The molecule has 0 fully saturated rings. The fraction of sp³-hybridized carbons (Fsp3) is 0.167. The Bertz CT molecular complexity index is 670. The second kappa shape index (κ2) is 5.24. The molecular weight excluding hydrogens is 275 g/mol. The number of benzene rings is 1. The molecule has 5 nitrogen and oxygen atoms in total. The third kappa shape index (κ3) is 2.31. The molecule has 1 heterocycles. The monoisotopic (exact) mass is 285 g/mol. The first-order valence-electron chi connectivity index (χ1n) is 5.65. The first-order chi connectivity index (χ1) is 9.45. The van der Waals surface area contributed by atoms with Crippen LogP contribution >= 0.6 is 0 Å². The second-order valence-corrected chi connectivity index (χ2v) is 3.96. The van der Waals surface area contributed by atoms with Crippen LogP contribution < -0.4 is 5.32 Å². The Morgan fingerprint density at radius 1 is 1.40 bits per heavy atom. The fourth-order valence-electron chi connectivity index (χ4n) is 1.62. The number of nitrogens with zero attached hydrogens (tertiary/aromatic N) is 1. The first kappa shape index (κ1) is 13.9. The number of hydrogen-bond donors (Lipinski definition) is 3. The Morgan fingerprint density at radius 3 is 2.75 bits per heavy atom. The Balaban J connectivity index is 2.35. The van der Waals surface area contributed by atoms with Crippen LogP contribution in [0.5, 0.6) is 5.75 Å². The van der Waals surface area contributed by atoms with Gasteiger partial charge in [0, 0.05) is 5.56 Å². The van der Waals surface area contributed by atoms with E-state index in [9.17, 15) is 18.0 Å². The van der Waals surface area contributed by atoms with Gasteiger partial charge in [0.05, 0.1) is 11.8 Å². The highest BCUT2D eigenvalue weighted by Crippen LogP contribution is 2.26. The molecule has 3 N–H and O–H groups in total. The van der Waals surface area contributed by atoms with Gasteiger partial charge in [0.25, 0.3) is 5.91 Å². The molecular formula is C12H10F3N3O2. The Labute approximate surface area is 111 Å². The average Bonchev–Trinajstić information content (AvgIpc) is 2.87. The SMILES string of the molecule is CCc1cn[nH]c1NC(=O)c1cc(F)c(F)c(O)c1F. The van der Waals surface area contributed by atoms with E-state index in [1.165, 1.54) is 6.20 Å². The lowest BCUT2D eigenvalue weighted by molar-refractivity contribution is 0.102. The van der Waals surface area contributed by atoms with Gasteiger partial charge < -0.3 is 10.4 Å². The van der Waals surface area contributed by atoms with Gasteiger partial charge in [-0.05, 0) is 12.5 Å². The average molecular weight is 285 g/mol. The molecule has 0 bridgehead atoms. The van der Waals surface area contributed by atoms with Crippen LogP contribution in [0, 0.1) is 17.5 Å². The minimum Gasteiger partial charge on any atom is -0.503 e. The summed E-state index contributed by atoms with van der Waals surface area (Å²) in [4.78, 5) is 11.8. The van der Waals surface area contributed by atoms with Gasteiger partial charge in [-0.3, -0.25) is 9.89 Å². The van der Waals surface area contributed by atoms with Gasteiger partial charge in [0.15, 0.2) is 17.4 Å². The molecule has 0 aliphatic rings. The summed E-state index contributed by atoms with van der Waals surface area (Å²) in [6.45, 7) is 1.81. The summed E-state index contributed by atoms with van der Waals surface area (Å²) < 4.78 is 39.6. The predicted octanol–water partition coefficient (Wildman–Crippen LogP) is 2.35. The number of rotatable bonds is 3. The number of amides is 1. The number of anilines is 1. The lowest BCUT2D eigenvalue weighted by Crippen LogP contribution is -2.16. The number of halogens is 3. The zero-order chi connectivity index (χ0) is 14.9. The number of aromatic nitrogens is 2. The first-order valence-corrected chi connectivity index (χ1v) is 5.65. The van der Waals surface area contributed by atoms with E-state index >= 15 is 0 Å². The van der Waals surface area contributed by atoms with Crippen LogP contribution in [0.15, 0.2) is 12.3 Å². The van der Waals surface area contributed by atoms with Crippen molar-refractivity contribution in [3.8, 4) is 5.75 Å². The Hall–Kier alpha value is -2.51. The van der Waals surface area contributed by atoms with Gasteiger partial charge in [-0.2, -0.15) is 9.49 Å². The standard InChI is InChI=1S/C12H10F3N3O2/c1-2-5-4-16-18-11(5)17-12(20)6-3-7(13)9(15)10(19)8(6)14/h3-4,19H,2H2,1H3,(H2,16,17,18,20). The summed E-state index contributed by atoms with van der Waals surface area (Å²) in [7, 11) is 0. The van der Waals surface area contributed by atoms with Crippen molar-refractivity contribution in [1.29, 1.82) is 0 Å². The molecule has 0 aliphatic heterocycles. The van der Waals surface area contributed by atoms with Crippen LogP contribution in [0.2, 0.25) is 0 Å². The molecule has 8 heteroatoms. The third-order valence-electron chi connectivity index (χ3n) is 2.71. The summed E-state index contributed by atoms with van der Waals surface area (Å²) in [5.41, 5.74) is -0.149. The van der Waals surface area contributed by atoms with Crippen molar-refractivity contribution in [1.82, 2.24) is 10.2 Å². The van der Waals surface area contributed by atoms with Crippen LogP contribution in [-0.4, -0.2) is 21.2 Å². The van der Waals surface area contributed by atoms with Gasteiger partial charge in [-0.15, -0.1) is 0 Å². The summed E-state index contributed by atoms with van der Waals surface area (Å²) >= 11 is 0. The van der Waals surface area contributed by atoms with Gasteiger partial charge in [0.2, 0.25) is 5.82 Å². The molecule has 1 aromatic heterocycles. The molecule has 1 amide bonds. The van der Waals surface area contributed by atoms with Gasteiger partial charge in [-0.25, -0.2) is 8.78 Å². The van der Waals surface area contributed by atoms with Crippen LogP contribution in [0.1, 0.15) is 22.8 Å². The molecule has 0 radical (unpaired) electrons. The van der Waals surface area contributed by atoms with E-state index in [1.807, 2.05) is 6.92 Å². The van der Waals surface area contributed by atoms with Gasteiger partial charge in [-0.1, -0.05) is 6.92 Å². The van der Waals surface area contributed by atoms with Gasteiger partial charge >= 0.3 is 0 Å². The highest BCUT2D eigenvalue weighted by Gasteiger charge is 2.23. The number of aryl methyl sites for hydroxylation is 1. The van der Waals surface area contributed by atoms with Crippen molar-refractivity contribution in [3.05, 3.63) is 40.8 Å². The van der Waals surface area contributed by atoms with Gasteiger partial charge in [0.1, 0.15) is 5.82 Å². The topological polar surface area (TPSA) is 78.0 Å². The molecule has 20 heavy (non-hydrogen) atoms. The van der Waals surface area contributed by atoms with Crippen LogP contribution in [0.4, 0.5) is 19.0 Å². The van der Waals surface area contributed by atoms with E-state index in [4.69, 9.17) is 5.11 Å². The molecule has 0 saturated carbocycles. The largest absolute Gasteiger partial charge is 0.503 e. The number of nitrogens with one attached hydrogen (secondary N) is 2. The maximum absolute atomic E-state index is 13.6. The highest BCUT2D eigenvalue weighted by atomic mass is 19.2. The van der Waals surface area contributed by atoms with Crippen molar-refractivity contribution in [2.24, 2.45) is 0 Å². The molecule has 0 atom stereocenters. The molecule has 0 spiro atoms. The third-order valence-corrected chi connectivity index (χ3v) is 2.71. The zero-order valence-electron chi connectivity index (χ0n) is 10.3. The van der Waals surface area contributed by atoms with Crippen molar-refractivity contribution < 1.29 is 23.1 Å². The van der Waals surface area contributed by atoms with E-state index in [0.717, 1.165) is 0 Å². The summed E-state index contributed by atoms with van der Waals surface area (Å²) in [6.07, 6.45) is 2.02. The molecule has 2 aromatic rings. The molecule has 1 aromatic carbocycles. The number of hydrogen-bond acceptors (Lipinski definition) is 3. The fourth-order valence-corrected chi connectivity index (χ4v) is 1.62. The van der Waals surface area contributed by atoms with Crippen molar-refractivity contribution >= 4 is 11.7 Å².